The number of rotatable bonds is 0. The van der Waals surface area contributed by atoms with Gasteiger partial charge in [-0.05, 0) is 45.8 Å². The van der Waals surface area contributed by atoms with Gasteiger partial charge < -0.3 is 0 Å². The summed E-state index contributed by atoms with van der Waals surface area (Å²) >= 11 is 15.7. The molecule has 0 nitrogen and oxygen atoms in total. The molecular formula is C26H12S8. The van der Waals surface area contributed by atoms with Crippen molar-refractivity contribution in [3.63, 3.8) is 0 Å². The van der Waals surface area contributed by atoms with E-state index in [0.29, 0.717) is 0 Å². The molecule has 0 N–H and O–H groups in total. The molecule has 0 radical (unpaired) electrons. The van der Waals surface area contributed by atoms with Crippen LogP contribution in [0.4, 0.5) is 0 Å². The van der Waals surface area contributed by atoms with Gasteiger partial charge in [0.2, 0.25) is 0 Å². The third-order valence-electron chi connectivity index (χ3n) is 5.68. The minimum atomic E-state index is 1.33. The maximum Gasteiger partial charge on any atom is 0.0718 e. The van der Waals surface area contributed by atoms with Crippen molar-refractivity contribution in [3.8, 4) is 0 Å². The molecule has 4 aliphatic heterocycles. The van der Waals surface area contributed by atoms with Gasteiger partial charge in [0.05, 0.1) is 25.4 Å². The topological polar surface area (TPSA) is 0 Å². The summed E-state index contributed by atoms with van der Waals surface area (Å²) in [5.74, 6) is 0. The molecule has 164 valence electrons. The van der Waals surface area contributed by atoms with E-state index < -0.39 is 0 Å². The Kier molecular flexibility index (Phi) is 5.36. The number of hydrogen-bond donors (Lipinski definition) is 0. The van der Waals surface area contributed by atoms with Gasteiger partial charge in [-0.3, -0.25) is 0 Å². The van der Waals surface area contributed by atoms with Crippen molar-refractivity contribution in [2.75, 3.05) is 0 Å². The van der Waals surface area contributed by atoms with E-state index in [1.54, 1.807) is 0 Å². The summed E-state index contributed by atoms with van der Waals surface area (Å²) in [7, 11) is 0. The predicted octanol–water partition coefficient (Wildman–Crippen LogP) is 11.4. The minimum absolute atomic E-state index is 1.33. The summed E-state index contributed by atoms with van der Waals surface area (Å²) in [5, 5.41) is 5.31. The lowest BCUT2D eigenvalue weighted by atomic mass is 10.1. The normalized spacial score (nSPS) is 19.1. The molecule has 8 heteroatoms. The van der Waals surface area contributed by atoms with Gasteiger partial charge in [-0.1, -0.05) is 143 Å². The van der Waals surface area contributed by atoms with Crippen molar-refractivity contribution < 1.29 is 0 Å². The molecule has 4 aromatic carbocycles. The van der Waals surface area contributed by atoms with Gasteiger partial charge in [-0.15, -0.1) is 0 Å². The fraction of sp³-hybridized carbons (Fsp3) is 0. The summed E-state index contributed by atoms with van der Waals surface area (Å²) in [4.78, 5) is 5.55. The predicted molar refractivity (Wildman–Crippen MR) is 163 cm³/mol. The first-order valence-corrected chi connectivity index (χ1v) is 17.0. The van der Waals surface area contributed by atoms with Crippen molar-refractivity contribution in [3.05, 3.63) is 98.2 Å². The van der Waals surface area contributed by atoms with Crippen LogP contribution in [0.15, 0.2) is 118 Å². The highest BCUT2D eigenvalue weighted by atomic mass is 32.3. The van der Waals surface area contributed by atoms with Gasteiger partial charge in [-0.25, -0.2) is 0 Å². The molecule has 0 aromatic heterocycles. The Morgan fingerprint density at radius 1 is 0.294 bits per heavy atom. The molecule has 8 rings (SSSR count). The SMILES string of the molecule is c1ccc2cc3c(cc2c1)SC1=C(SC(=C2SC4=C(S2)Sc2cc5ccccc5cc2S4)S1)S3. The van der Waals surface area contributed by atoms with E-state index in [4.69, 9.17) is 0 Å². The second-order valence-electron chi connectivity index (χ2n) is 7.83. The van der Waals surface area contributed by atoms with Gasteiger partial charge in [0.1, 0.15) is 0 Å². The Morgan fingerprint density at radius 2 is 0.529 bits per heavy atom. The number of thioether (sulfide) groups is 8. The quantitative estimate of drug-likeness (QED) is 0.199. The monoisotopic (exact) mass is 580 g/mol. The summed E-state index contributed by atoms with van der Waals surface area (Å²) in [6.07, 6.45) is 0. The minimum Gasteiger partial charge on any atom is -0.0797 e. The largest absolute Gasteiger partial charge is 0.0797 e. The van der Waals surface area contributed by atoms with Crippen molar-refractivity contribution in [2.45, 2.75) is 19.6 Å². The van der Waals surface area contributed by atoms with E-state index in [1.807, 2.05) is 94.1 Å². The first kappa shape index (κ1) is 21.5. The molecule has 0 bridgehead atoms. The molecule has 0 atom stereocenters. The highest BCUT2D eigenvalue weighted by Crippen LogP contribution is 2.71. The number of fused-ring (bicyclic) bond motifs is 4. The van der Waals surface area contributed by atoms with E-state index in [9.17, 15) is 0 Å². The Bertz CT molecular complexity index is 1420. The number of benzene rings is 4. The molecule has 0 aliphatic carbocycles. The number of hydrogen-bond acceptors (Lipinski definition) is 8. The van der Waals surface area contributed by atoms with Crippen LogP contribution in [0.5, 0.6) is 0 Å². The third kappa shape index (κ3) is 3.64. The van der Waals surface area contributed by atoms with Crippen LogP contribution < -0.4 is 0 Å². The molecule has 0 spiro atoms. The fourth-order valence-corrected chi connectivity index (χ4v) is 16.1. The highest BCUT2D eigenvalue weighted by Gasteiger charge is 2.35. The van der Waals surface area contributed by atoms with Crippen LogP contribution in [0.1, 0.15) is 0 Å². The molecule has 0 amide bonds. The lowest BCUT2D eigenvalue weighted by Crippen LogP contribution is -1.86. The van der Waals surface area contributed by atoms with Crippen LogP contribution >= 0.6 is 94.1 Å². The molecule has 34 heavy (non-hydrogen) atoms. The Balaban J connectivity index is 1.06. The van der Waals surface area contributed by atoms with Crippen LogP contribution in [0, 0.1) is 0 Å². The average Bonchev–Trinajstić information content (AvgIpc) is 3.46. The van der Waals surface area contributed by atoms with Crippen molar-refractivity contribution in [2.24, 2.45) is 0 Å². The molecule has 0 unspecified atom stereocenters. The van der Waals surface area contributed by atoms with Gasteiger partial charge in [0.25, 0.3) is 0 Å². The second-order valence-corrected chi connectivity index (χ2v) is 17.7. The zero-order valence-corrected chi connectivity index (χ0v) is 23.7. The third-order valence-corrected chi connectivity index (χ3v) is 17.4. The zero-order valence-electron chi connectivity index (χ0n) is 17.2. The summed E-state index contributed by atoms with van der Waals surface area (Å²) in [6, 6.07) is 26.8. The molecule has 0 saturated carbocycles. The molecule has 0 saturated heterocycles. The van der Waals surface area contributed by atoms with Crippen molar-refractivity contribution >= 4 is 116 Å². The maximum atomic E-state index is 2.36. The van der Waals surface area contributed by atoms with Crippen molar-refractivity contribution in [1.29, 1.82) is 0 Å². The summed E-state index contributed by atoms with van der Waals surface area (Å²) in [5.41, 5.74) is 0. The Labute approximate surface area is 231 Å². The van der Waals surface area contributed by atoms with Gasteiger partial charge in [0, 0.05) is 19.6 Å². The fourth-order valence-electron chi connectivity index (χ4n) is 4.08. The lowest BCUT2D eigenvalue weighted by Gasteiger charge is -2.16. The molecule has 4 aromatic rings. The van der Waals surface area contributed by atoms with Crippen molar-refractivity contribution in [1.82, 2.24) is 0 Å². The first-order valence-electron chi connectivity index (χ1n) is 10.5. The van der Waals surface area contributed by atoms with E-state index in [2.05, 4.69) is 72.8 Å². The van der Waals surface area contributed by atoms with Gasteiger partial charge >= 0.3 is 0 Å². The Hall–Kier alpha value is -0.580. The Morgan fingerprint density at radius 3 is 0.794 bits per heavy atom. The maximum absolute atomic E-state index is 2.36. The van der Waals surface area contributed by atoms with Crippen LogP contribution in [0.2, 0.25) is 0 Å². The smallest absolute Gasteiger partial charge is 0.0718 e. The summed E-state index contributed by atoms with van der Waals surface area (Å²) < 4.78 is 8.68. The van der Waals surface area contributed by atoms with Crippen LogP contribution in [0.25, 0.3) is 21.5 Å². The van der Waals surface area contributed by atoms with Crippen LogP contribution in [-0.2, 0) is 0 Å². The second kappa shape index (κ2) is 8.48. The highest BCUT2D eigenvalue weighted by molar-refractivity contribution is 8.45. The summed E-state index contributed by atoms with van der Waals surface area (Å²) in [6.45, 7) is 0. The standard InChI is InChI=1S/C26H12S8/c1-2-6-14-10-18-17(9-13(14)5-1)27-21-22(28-18)32-25(31-21)26-33-23-24(34-26)30-20-12-16-8-4-3-7-15(16)11-19(20)29-23/h1-12H. The van der Waals surface area contributed by atoms with Crippen LogP contribution in [0.3, 0.4) is 0 Å². The van der Waals surface area contributed by atoms with Gasteiger partial charge in [0.15, 0.2) is 0 Å². The molecule has 0 fully saturated rings. The zero-order chi connectivity index (χ0) is 22.2. The molecule has 4 aliphatic rings. The van der Waals surface area contributed by atoms with E-state index in [1.165, 1.54) is 66.5 Å². The van der Waals surface area contributed by atoms with E-state index >= 15 is 0 Å². The first-order chi connectivity index (χ1) is 16.8. The van der Waals surface area contributed by atoms with Gasteiger partial charge in [-0.2, -0.15) is 0 Å². The lowest BCUT2D eigenvalue weighted by molar-refractivity contribution is 1.29. The molecule has 4 heterocycles. The van der Waals surface area contributed by atoms with Crippen LogP contribution in [-0.4, -0.2) is 0 Å². The van der Waals surface area contributed by atoms with E-state index in [-0.39, 0.29) is 0 Å². The molecular weight excluding hydrogens is 569 g/mol. The van der Waals surface area contributed by atoms with E-state index in [0.717, 1.165) is 0 Å². The average molecular weight is 581 g/mol.